The Morgan fingerprint density at radius 2 is 2.24 bits per heavy atom. The Labute approximate surface area is 127 Å². The second-order valence-electron chi connectivity index (χ2n) is 4.27. The first-order valence-corrected chi connectivity index (χ1v) is 7.49. The van der Waals surface area contributed by atoms with Gasteiger partial charge >= 0.3 is 0 Å². The second kappa shape index (κ2) is 8.20. The fourth-order valence-corrected chi connectivity index (χ4v) is 2.47. The number of nitrogens with zero attached hydrogens (tertiary/aromatic N) is 1. The molecule has 0 aliphatic heterocycles. The number of aliphatic hydroxyl groups is 1. The van der Waals surface area contributed by atoms with E-state index in [9.17, 15) is 4.79 Å². The van der Waals surface area contributed by atoms with Gasteiger partial charge in [-0.25, -0.2) is 0 Å². The molecular formula is C16H16N2O2S. The molecule has 4 nitrogen and oxygen atoms in total. The van der Waals surface area contributed by atoms with E-state index in [1.54, 1.807) is 12.3 Å². The lowest BCUT2D eigenvalue weighted by Gasteiger charge is -2.02. The average Bonchev–Trinajstić information content (AvgIpc) is 2.97. The van der Waals surface area contributed by atoms with Crippen molar-refractivity contribution in [3.63, 3.8) is 0 Å². The molecule has 0 spiro atoms. The molecule has 2 rings (SSSR count). The SMILES string of the molecule is O=C(NCCc1ccccn1)c1ccc(C#CCCO)s1. The summed E-state index contributed by atoms with van der Waals surface area (Å²) in [6.07, 6.45) is 2.90. The Morgan fingerprint density at radius 3 is 3.00 bits per heavy atom. The van der Waals surface area contributed by atoms with Crippen LogP contribution in [0.5, 0.6) is 0 Å². The van der Waals surface area contributed by atoms with E-state index >= 15 is 0 Å². The van der Waals surface area contributed by atoms with E-state index in [0.29, 0.717) is 24.3 Å². The molecule has 0 unspecified atom stereocenters. The van der Waals surface area contributed by atoms with Crippen LogP contribution in [-0.2, 0) is 6.42 Å². The fourth-order valence-electron chi connectivity index (χ4n) is 1.67. The number of thiophene rings is 1. The summed E-state index contributed by atoms with van der Waals surface area (Å²) in [6, 6.07) is 9.33. The first-order chi connectivity index (χ1) is 10.3. The van der Waals surface area contributed by atoms with E-state index < -0.39 is 0 Å². The summed E-state index contributed by atoms with van der Waals surface area (Å²) in [4.78, 5) is 17.7. The Morgan fingerprint density at radius 1 is 1.33 bits per heavy atom. The van der Waals surface area contributed by atoms with E-state index in [1.807, 2.05) is 24.3 Å². The van der Waals surface area contributed by atoms with Crippen LogP contribution in [0.3, 0.4) is 0 Å². The summed E-state index contributed by atoms with van der Waals surface area (Å²) < 4.78 is 0. The number of amides is 1. The summed E-state index contributed by atoms with van der Waals surface area (Å²) >= 11 is 1.35. The van der Waals surface area contributed by atoms with Crippen LogP contribution in [-0.4, -0.2) is 29.1 Å². The lowest BCUT2D eigenvalue weighted by Crippen LogP contribution is -2.25. The van der Waals surface area contributed by atoms with Crippen molar-refractivity contribution >= 4 is 17.2 Å². The number of aromatic nitrogens is 1. The number of hydrogen-bond donors (Lipinski definition) is 2. The number of rotatable bonds is 5. The number of aliphatic hydroxyl groups excluding tert-OH is 1. The second-order valence-corrected chi connectivity index (χ2v) is 5.35. The Balaban J connectivity index is 1.82. The van der Waals surface area contributed by atoms with Crippen LogP contribution >= 0.6 is 11.3 Å². The van der Waals surface area contributed by atoms with E-state index in [2.05, 4.69) is 22.1 Å². The maximum absolute atomic E-state index is 12.0. The van der Waals surface area contributed by atoms with Crippen molar-refractivity contribution in [2.24, 2.45) is 0 Å². The maximum Gasteiger partial charge on any atom is 0.261 e. The Kier molecular flexibility index (Phi) is 5.95. The quantitative estimate of drug-likeness (QED) is 0.828. The summed E-state index contributed by atoms with van der Waals surface area (Å²) in [5.74, 6) is 5.67. The molecule has 0 bridgehead atoms. The molecule has 0 saturated carbocycles. The van der Waals surface area contributed by atoms with Crippen LogP contribution in [0.4, 0.5) is 0 Å². The van der Waals surface area contributed by atoms with Crippen molar-refractivity contribution in [2.45, 2.75) is 12.8 Å². The summed E-state index contributed by atoms with van der Waals surface area (Å²) in [5.41, 5.74) is 0.958. The first-order valence-electron chi connectivity index (χ1n) is 6.67. The molecule has 5 heteroatoms. The normalized spacial score (nSPS) is 9.76. The third-order valence-electron chi connectivity index (χ3n) is 2.67. The summed E-state index contributed by atoms with van der Waals surface area (Å²) in [5, 5.41) is 11.5. The van der Waals surface area contributed by atoms with Crippen LogP contribution in [0.15, 0.2) is 36.5 Å². The van der Waals surface area contributed by atoms with E-state index in [4.69, 9.17) is 5.11 Å². The molecule has 0 radical (unpaired) electrons. The van der Waals surface area contributed by atoms with Gasteiger partial charge in [-0.1, -0.05) is 17.9 Å². The van der Waals surface area contributed by atoms with Crippen LogP contribution < -0.4 is 5.32 Å². The van der Waals surface area contributed by atoms with Crippen LogP contribution in [0, 0.1) is 11.8 Å². The average molecular weight is 300 g/mol. The monoisotopic (exact) mass is 300 g/mol. The molecular weight excluding hydrogens is 284 g/mol. The largest absolute Gasteiger partial charge is 0.395 e. The molecule has 0 fully saturated rings. The molecule has 0 atom stereocenters. The molecule has 0 aliphatic rings. The third kappa shape index (κ3) is 5.03. The van der Waals surface area contributed by atoms with E-state index in [1.165, 1.54) is 11.3 Å². The lowest BCUT2D eigenvalue weighted by molar-refractivity contribution is 0.0958. The first kappa shape index (κ1) is 15.2. The van der Waals surface area contributed by atoms with Gasteiger partial charge in [0.1, 0.15) is 0 Å². The molecule has 0 saturated heterocycles. The van der Waals surface area contributed by atoms with Gasteiger partial charge in [-0.2, -0.15) is 0 Å². The number of carbonyl (C=O) groups excluding carboxylic acids is 1. The van der Waals surface area contributed by atoms with Crippen LogP contribution in [0.25, 0.3) is 0 Å². The molecule has 2 heterocycles. The molecule has 0 aliphatic carbocycles. The van der Waals surface area contributed by atoms with Gasteiger partial charge in [0.05, 0.1) is 16.4 Å². The Bertz CT molecular complexity index is 641. The molecule has 108 valence electrons. The van der Waals surface area contributed by atoms with Gasteiger partial charge in [0, 0.05) is 31.3 Å². The fraction of sp³-hybridized carbons (Fsp3) is 0.250. The standard InChI is InChI=1S/C16H16N2O2S/c19-12-4-2-6-14-7-8-15(21-14)16(20)18-11-9-13-5-1-3-10-17-13/h1,3,5,7-8,10,19H,4,9,11-12H2,(H,18,20). The number of carbonyl (C=O) groups is 1. The minimum absolute atomic E-state index is 0.0548. The zero-order chi connectivity index (χ0) is 14.9. The van der Waals surface area contributed by atoms with Gasteiger partial charge in [0.25, 0.3) is 5.91 Å². The van der Waals surface area contributed by atoms with Gasteiger partial charge in [0.2, 0.25) is 0 Å². The van der Waals surface area contributed by atoms with Gasteiger partial charge in [-0.3, -0.25) is 9.78 Å². The predicted molar refractivity (Wildman–Crippen MR) is 83.2 cm³/mol. The van der Waals surface area contributed by atoms with Crippen molar-refractivity contribution in [1.29, 1.82) is 0 Å². The van der Waals surface area contributed by atoms with Crippen molar-refractivity contribution in [2.75, 3.05) is 13.2 Å². The van der Waals surface area contributed by atoms with Crippen LogP contribution in [0.2, 0.25) is 0 Å². The minimum atomic E-state index is -0.0915. The molecule has 2 N–H and O–H groups in total. The number of pyridine rings is 1. The lowest BCUT2D eigenvalue weighted by atomic mass is 10.2. The number of hydrogen-bond acceptors (Lipinski definition) is 4. The highest BCUT2D eigenvalue weighted by Gasteiger charge is 2.07. The van der Waals surface area contributed by atoms with E-state index in [-0.39, 0.29) is 12.5 Å². The van der Waals surface area contributed by atoms with Crippen molar-refractivity contribution in [1.82, 2.24) is 10.3 Å². The topological polar surface area (TPSA) is 62.2 Å². The minimum Gasteiger partial charge on any atom is -0.395 e. The highest BCUT2D eigenvalue weighted by Crippen LogP contribution is 2.15. The smallest absolute Gasteiger partial charge is 0.261 e. The molecule has 2 aromatic rings. The molecule has 1 amide bonds. The molecule has 0 aromatic carbocycles. The maximum atomic E-state index is 12.0. The van der Waals surface area contributed by atoms with Crippen molar-refractivity contribution in [3.8, 4) is 11.8 Å². The van der Waals surface area contributed by atoms with Gasteiger partial charge in [0.15, 0.2) is 0 Å². The molecule has 2 aromatic heterocycles. The zero-order valence-corrected chi connectivity index (χ0v) is 12.3. The highest BCUT2D eigenvalue weighted by molar-refractivity contribution is 7.14. The van der Waals surface area contributed by atoms with Crippen molar-refractivity contribution < 1.29 is 9.90 Å². The zero-order valence-electron chi connectivity index (χ0n) is 11.5. The predicted octanol–water partition coefficient (Wildman–Crippen LogP) is 1.85. The van der Waals surface area contributed by atoms with Gasteiger partial charge in [-0.05, 0) is 24.3 Å². The Hall–Kier alpha value is -2.16. The highest BCUT2D eigenvalue weighted by atomic mass is 32.1. The number of nitrogens with one attached hydrogen (secondary N) is 1. The molecule has 21 heavy (non-hydrogen) atoms. The third-order valence-corrected chi connectivity index (χ3v) is 3.67. The summed E-state index contributed by atoms with van der Waals surface area (Å²) in [7, 11) is 0. The van der Waals surface area contributed by atoms with Gasteiger partial charge in [-0.15, -0.1) is 11.3 Å². The van der Waals surface area contributed by atoms with E-state index in [0.717, 1.165) is 10.6 Å². The van der Waals surface area contributed by atoms with Crippen molar-refractivity contribution in [3.05, 3.63) is 52.0 Å². The van der Waals surface area contributed by atoms with Gasteiger partial charge < -0.3 is 10.4 Å². The summed E-state index contributed by atoms with van der Waals surface area (Å²) in [6.45, 7) is 0.610. The van der Waals surface area contributed by atoms with Crippen LogP contribution in [0.1, 0.15) is 26.7 Å².